The van der Waals surface area contributed by atoms with Gasteiger partial charge in [-0.1, -0.05) is 18.6 Å². The third-order valence-electron chi connectivity index (χ3n) is 5.53. The summed E-state index contributed by atoms with van der Waals surface area (Å²) >= 11 is 0. The maximum atomic E-state index is 5.89. The van der Waals surface area contributed by atoms with E-state index in [4.69, 9.17) is 18.8 Å². The zero-order valence-corrected chi connectivity index (χ0v) is 16.2. The van der Waals surface area contributed by atoms with Crippen molar-refractivity contribution < 1.29 is 8.83 Å². The maximum absolute atomic E-state index is 5.89. The number of oxazole rings is 1. The summed E-state index contributed by atoms with van der Waals surface area (Å²) in [5, 5.41) is 0. The average Bonchev–Trinajstić information content (AvgIpc) is 3.41. The molecule has 0 aliphatic carbocycles. The molecule has 1 N–H and O–H groups in total. The molecule has 6 heteroatoms. The van der Waals surface area contributed by atoms with Gasteiger partial charge in [-0.25, -0.2) is 9.97 Å². The van der Waals surface area contributed by atoms with Crippen molar-refractivity contribution in [2.24, 2.45) is 0 Å². The molecule has 0 spiro atoms. The van der Waals surface area contributed by atoms with Crippen molar-refractivity contribution in [3.63, 3.8) is 0 Å². The summed E-state index contributed by atoms with van der Waals surface area (Å²) in [5.74, 6) is 3.98. The van der Waals surface area contributed by atoms with E-state index in [0.717, 1.165) is 53.6 Å². The van der Waals surface area contributed by atoms with Gasteiger partial charge in [0.15, 0.2) is 5.76 Å². The molecule has 1 aromatic carbocycles. The van der Waals surface area contributed by atoms with Crippen LogP contribution in [0.2, 0.25) is 0 Å². The standard InChI is InChI=1S/C22H24N4O2/c1-14-10-11-20(27-14)22-25-18(15(2)28-22)13-26-12-6-5-9-19(26)21-23-16-7-3-4-8-17(16)24-21/h3-4,7-8,10-11,19H,5-6,9,12-13H2,1-2H3,(H,23,24)/t19-/m1/s1. The second-order valence-corrected chi connectivity index (χ2v) is 7.55. The number of rotatable bonds is 4. The van der Waals surface area contributed by atoms with E-state index in [2.05, 4.69) is 22.0 Å². The number of hydrogen-bond donors (Lipinski definition) is 1. The van der Waals surface area contributed by atoms with E-state index < -0.39 is 0 Å². The molecule has 3 aromatic heterocycles. The van der Waals surface area contributed by atoms with Crippen molar-refractivity contribution in [3.8, 4) is 11.7 Å². The number of hydrogen-bond acceptors (Lipinski definition) is 5. The molecule has 1 aliphatic rings. The molecule has 4 heterocycles. The first-order chi connectivity index (χ1) is 13.7. The molecule has 0 bridgehead atoms. The van der Waals surface area contributed by atoms with Crippen molar-refractivity contribution in [2.45, 2.75) is 45.7 Å². The summed E-state index contributed by atoms with van der Waals surface area (Å²) in [4.78, 5) is 15.6. The van der Waals surface area contributed by atoms with Gasteiger partial charge in [0.1, 0.15) is 17.3 Å². The lowest BCUT2D eigenvalue weighted by Crippen LogP contribution is -2.33. The molecule has 6 nitrogen and oxygen atoms in total. The highest BCUT2D eigenvalue weighted by Gasteiger charge is 2.28. The first-order valence-corrected chi connectivity index (χ1v) is 9.89. The molecule has 0 amide bonds. The number of aromatic nitrogens is 3. The molecular weight excluding hydrogens is 352 g/mol. The Kier molecular flexibility index (Phi) is 4.28. The Hall–Kier alpha value is -2.86. The summed E-state index contributed by atoms with van der Waals surface area (Å²) in [5.41, 5.74) is 3.08. The van der Waals surface area contributed by atoms with Gasteiger partial charge in [-0.3, -0.25) is 4.90 Å². The molecule has 1 atom stereocenters. The highest BCUT2D eigenvalue weighted by atomic mass is 16.4. The van der Waals surface area contributed by atoms with Crippen LogP contribution in [0.3, 0.4) is 0 Å². The molecule has 144 valence electrons. The molecule has 1 saturated heterocycles. The number of para-hydroxylation sites is 2. The van der Waals surface area contributed by atoms with Crippen molar-refractivity contribution in [3.05, 3.63) is 59.4 Å². The second kappa shape index (κ2) is 6.95. The summed E-state index contributed by atoms with van der Waals surface area (Å²) in [6.45, 7) is 5.67. The molecule has 1 fully saturated rings. The Bertz CT molecular complexity index is 1070. The van der Waals surface area contributed by atoms with Gasteiger partial charge >= 0.3 is 0 Å². The number of nitrogens with one attached hydrogen (secondary N) is 1. The van der Waals surface area contributed by atoms with Crippen LogP contribution in [0, 0.1) is 13.8 Å². The maximum Gasteiger partial charge on any atom is 0.263 e. The van der Waals surface area contributed by atoms with Gasteiger partial charge in [0, 0.05) is 6.54 Å². The number of fused-ring (bicyclic) bond motifs is 1. The lowest BCUT2D eigenvalue weighted by Gasteiger charge is -2.33. The topological polar surface area (TPSA) is 71.1 Å². The Balaban J connectivity index is 1.42. The Morgan fingerprint density at radius 1 is 1.07 bits per heavy atom. The number of imidazole rings is 1. The van der Waals surface area contributed by atoms with Crippen LogP contribution in [0.25, 0.3) is 22.7 Å². The number of H-pyrrole nitrogens is 1. The molecule has 0 unspecified atom stereocenters. The number of piperidine rings is 1. The number of benzene rings is 1. The fourth-order valence-corrected chi connectivity index (χ4v) is 4.04. The number of furan rings is 1. The number of aryl methyl sites for hydroxylation is 2. The predicted octanol–water partition coefficient (Wildman–Crippen LogP) is 5.15. The molecule has 4 aromatic rings. The van der Waals surface area contributed by atoms with Crippen molar-refractivity contribution in [2.75, 3.05) is 6.54 Å². The fourth-order valence-electron chi connectivity index (χ4n) is 4.04. The van der Waals surface area contributed by atoms with Gasteiger partial charge in [-0.05, 0) is 57.5 Å². The summed E-state index contributed by atoms with van der Waals surface area (Å²) in [6.07, 6.45) is 3.51. The third-order valence-corrected chi connectivity index (χ3v) is 5.53. The van der Waals surface area contributed by atoms with Gasteiger partial charge < -0.3 is 13.8 Å². The quantitative estimate of drug-likeness (QED) is 0.533. The SMILES string of the molecule is Cc1ccc(-c2nc(CN3CCCC[C@@H]3c3nc4ccccc4[nH]3)c(C)o2)o1. The first-order valence-electron chi connectivity index (χ1n) is 9.89. The number of nitrogens with zero attached hydrogens (tertiary/aromatic N) is 3. The van der Waals surface area contributed by atoms with Gasteiger partial charge in [0.2, 0.25) is 0 Å². The predicted molar refractivity (Wildman–Crippen MR) is 107 cm³/mol. The van der Waals surface area contributed by atoms with Crippen LogP contribution >= 0.6 is 0 Å². The molecular formula is C22H24N4O2. The zero-order chi connectivity index (χ0) is 19.1. The lowest BCUT2D eigenvalue weighted by molar-refractivity contribution is 0.132. The van der Waals surface area contributed by atoms with Crippen LogP contribution in [0.1, 0.15) is 48.3 Å². The van der Waals surface area contributed by atoms with E-state index in [1.54, 1.807) is 0 Å². The Morgan fingerprint density at radius 2 is 1.96 bits per heavy atom. The normalized spacial score (nSPS) is 18.1. The summed E-state index contributed by atoms with van der Waals surface area (Å²) in [6, 6.07) is 12.3. The van der Waals surface area contributed by atoms with E-state index in [1.165, 1.54) is 12.8 Å². The van der Waals surface area contributed by atoms with Crippen molar-refractivity contribution in [1.82, 2.24) is 19.9 Å². The summed E-state index contributed by atoms with van der Waals surface area (Å²) < 4.78 is 11.6. The molecule has 28 heavy (non-hydrogen) atoms. The van der Waals surface area contributed by atoms with Gasteiger partial charge in [0.25, 0.3) is 5.89 Å². The summed E-state index contributed by atoms with van der Waals surface area (Å²) in [7, 11) is 0. The van der Waals surface area contributed by atoms with Crippen molar-refractivity contribution in [1.29, 1.82) is 0 Å². The smallest absolute Gasteiger partial charge is 0.263 e. The van der Waals surface area contributed by atoms with Gasteiger partial charge in [-0.2, -0.15) is 0 Å². The molecule has 1 aliphatic heterocycles. The highest BCUT2D eigenvalue weighted by molar-refractivity contribution is 5.74. The van der Waals surface area contributed by atoms with E-state index >= 15 is 0 Å². The monoisotopic (exact) mass is 376 g/mol. The molecule has 0 saturated carbocycles. The number of aromatic amines is 1. The van der Waals surface area contributed by atoms with E-state index in [9.17, 15) is 0 Å². The van der Waals surface area contributed by atoms with Crippen LogP contribution < -0.4 is 0 Å². The average molecular weight is 376 g/mol. The molecule has 5 rings (SSSR count). The minimum absolute atomic E-state index is 0.270. The first kappa shape index (κ1) is 17.3. The van der Waals surface area contributed by atoms with Crippen LogP contribution in [0.15, 0.2) is 45.2 Å². The Morgan fingerprint density at radius 3 is 2.79 bits per heavy atom. The third kappa shape index (κ3) is 3.14. The van der Waals surface area contributed by atoms with Crippen LogP contribution in [-0.4, -0.2) is 26.4 Å². The minimum atomic E-state index is 0.270. The second-order valence-electron chi connectivity index (χ2n) is 7.55. The lowest BCUT2D eigenvalue weighted by atomic mass is 10.0. The zero-order valence-electron chi connectivity index (χ0n) is 16.2. The van der Waals surface area contributed by atoms with E-state index in [1.807, 2.05) is 38.1 Å². The van der Waals surface area contributed by atoms with Gasteiger partial charge in [-0.15, -0.1) is 0 Å². The van der Waals surface area contributed by atoms with Crippen LogP contribution in [0.5, 0.6) is 0 Å². The fraction of sp³-hybridized carbons (Fsp3) is 0.364. The minimum Gasteiger partial charge on any atom is -0.456 e. The van der Waals surface area contributed by atoms with E-state index in [-0.39, 0.29) is 6.04 Å². The molecule has 0 radical (unpaired) electrons. The largest absolute Gasteiger partial charge is 0.456 e. The van der Waals surface area contributed by atoms with Crippen LogP contribution in [-0.2, 0) is 6.54 Å². The highest BCUT2D eigenvalue weighted by Crippen LogP contribution is 2.33. The van der Waals surface area contributed by atoms with Crippen LogP contribution in [0.4, 0.5) is 0 Å². The number of likely N-dealkylation sites (tertiary alicyclic amines) is 1. The van der Waals surface area contributed by atoms with Gasteiger partial charge in [0.05, 0.1) is 22.8 Å². The van der Waals surface area contributed by atoms with Crippen molar-refractivity contribution >= 4 is 11.0 Å². The Labute approximate surface area is 163 Å². The van der Waals surface area contributed by atoms with E-state index in [0.29, 0.717) is 11.7 Å².